The van der Waals surface area contributed by atoms with Crippen LogP contribution in [0.15, 0.2) is 29.2 Å². The number of benzene rings is 1. The van der Waals surface area contributed by atoms with Crippen molar-refractivity contribution in [3.63, 3.8) is 0 Å². The lowest BCUT2D eigenvalue weighted by Crippen LogP contribution is -2.15. The van der Waals surface area contributed by atoms with E-state index in [9.17, 15) is 4.79 Å². The second-order valence-electron chi connectivity index (χ2n) is 4.60. The molecule has 0 radical (unpaired) electrons. The lowest BCUT2D eigenvalue weighted by Gasteiger charge is -2.04. The molecular weight excluding hydrogens is 256 g/mol. The number of nitrogens with zero attached hydrogens (tertiary/aromatic N) is 4. The van der Waals surface area contributed by atoms with Crippen LogP contribution in [0.25, 0.3) is 10.9 Å². The number of nitrogens with two attached hydrogens (primary N) is 1. The molecule has 0 atom stereocenters. The minimum Gasteiger partial charge on any atom is -0.325 e. The summed E-state index contributed by atoms with van der Waals surface area (Å²) in [5.41, 5.74) is 7.72. The fourth-order valence-corrected chi connectivity index (χ4v) is 2.09. The van der Waals surface area contributed by atoms with E-state index in [2.05, 4.69) is 20.3 Å². The zero-order chi connectivity index (χ0) is 14.1. The molecule has 0 bridgehead atoms. The average molecular weight is 270 g/mol. The van der Waals surface area contributed by atoms with Crippen molar-refractivity contribution in [2.75, 3.05) is 0 Å². The summed E-state index contributed by atoms with van der Waals surface area (Å²) in [5.74, 6) is 0.547. The molecule has 3 N–H and O–H groups in total. The van der Waals surface area contributed by atoms with E-state index in [1.807, 2.05) is 19.1 Å². The molecule has 0 unspecified atom stereocenters. The summed E-state index contributed by atoms with van der Waals surface area (Å²) in [7, 11) is 0. The summed E-state index contributed by atoms with van der Waals surface area (Å²) < 4.78 is 1.60. The van der Waals surface area contributed by atoms with E-state index in [1.54, 1.807) is 16.9 Å². The van der Waals surface area contributed by atoms with Gasteiger partial charge in [0.1, 0.15) is 12.4 Å². The number of hydrogen-bond donors (Lipinski definition) is 2. The third-order valence-electron chi connectivity index (χ3n) is 3.09. The van der Waals surface area contributed by atoms with Crippen molar-refractivity contribution in [1.29, 1.82) is 0 Å². The number of hydrogen-bond acceptors (Lipinski definition) is 5. The molecule has 20 heavy (non-hydrogen) atoms. The number of fused-ring (bicyclic) bond motifs is 1. The number of rotatable bonds is 3. The zero-order valence-electron chi connectivity index (χ0n) is 11.0. The molecule has 0 aliphatic carbocycles. The van der Waals surface area contributed by atoms with E-state index in [4.69, 9.17) is 5.73 Å². The molecule has 7 heteroatoms. The van der Waals surface area contributed by atoms with E-state index in [0.717, 1.165) is 5.56 Å². The van der Waals surface area contributed by atoms with Gasteiger partial charge >= 0.3 is 0 Å². The van der Waals surface area contributed by atoms with Gasteiger partial charge in [0.15, 0.2) is 0 Å². The third kappa shape index (κ3) is 2.19. The number of aromatic amines is 1. The fourth-order valence-electron chi connectivity index (χ4n) is 2.09. The third-order valence-corrected chi connectivity index (χ3v) is 3.09. The Kier molecular flexibility index (Phi) is 3.03. The van der Waals surface area contributed by atoms with Crippen LogP contribution in [0.2, 0.25) is 0 Å². The van der Waals surface area contributed by atoms with Crippen molar-refractivity contribution in [1.82, 2.24) is 25.0 Å². The first-order chi connectivity index (χ1) is 9.67. The van der Waals surface area contributed by atoms with Gasteiger partial charge in [0.05, 0.1) is 22.8 Å². The molecule has 7 nitrogen and oxygen atoms in total. The second kappa shape index (κ2) is 4.86. The van der Waals surface area contributed by atoms with E-state index >= 15 is 0 Å². The van der Waals surface area contributed by atoms with Crippen LogP contribution in [-0.4, -0.2) is 25.0 Å². The molecule has 0 aliphatic rings. The van der Waals surface area contributed by atoms with E-state index < -0.39 is 0 Å². The van der Waals surface area contributed by atoms with E-state index in [1.165, 1.54) is 0 Å². The maximum absolute atomic E-state index is 12.0. The van der Waals surface area contributed by atoms with Crippen molar-refractivity contribution >= 4 is 10.9 Å². The summed E-state index contributed by atoms with van der Waals surface area (Å²) in [4.78, 5) is 19.3. The summed E-state index contributed by atoms with van der Waals surface area (Å²) in [6, 6.07) is 5.54. The molecule has 0 fully saturated rings. The highest BCUT2D eigenvalue weighted by molar-refractivity contribution is 5.80. The van der Waals surface area contributed by atoms with Gasteiger partial charge in [-0.05, 0) is 18.6 Å². The first kappa shape index (κ1) is 12.5. The molecule has 3 aromatic rings. The predicted octanol–water partition coefficient (Wildman–Crippen LogP) is 0.330. The van der Waals surface area contributed by atoms with Crippen LogP contribution in [-0.2, 0) is 13.1 Å². The van der Waals surface area contributed by atoms with Crippen LogP contribution in [0.4, 0.5) is 0 Å². The monoisotopic (exact) mass is 270 g/mol. The Bertz CT molecular complexity index is 819. The van der Waals surface area contributed by atoms with Crippen molar-refractivity contribution in [2.45, 2.75) is 20.0 Å². The van der Waals surface area contributed by atoms with Crippen LogP contribution >= 0.6 is 0 Å². The lowest BCUT2D eigenvalue weighted by atomic mass is 10.1. The normalized spacial score (nSPS) is 11.1. The van der Waals surface area contributed by atoms with E-state index in [-0.39, 0.29) is 5.56 Å². The first-order valence-corrected chi connectivity index (χ1v) is 6.25. The Balaban J connectivity index is 2.04. The van der Waals surface area contributed by atoms with Crippen molar-refractivity contribution in [3.8, 4) is 0 Å². The fraction of sp³-hybridized carbons (Fsp3) is 0.231. The minimum atomic E-state index is -0.145. The molecule has 0 saturated carbocycles. The molecule has 2 heterocycles. The summed E-state index contributed by atoms with van der Waals surface area (Å²) in [5, 5.41) is 8.43. The number of H-pyrrole nitrogens is 1. The highest BCUT2D eigenvalue weighted by Gasteiger charge is 2.07. The van der Waals surface area contributed by atoms with E-state index in [0.29, 0.717) is 35.5 Å². The molecule has 2 aromatic heterocycles. The van der Waals surface area contributed by atoms with Gasteiger partial charge in [-0.15, -0.1) is 5.10 Å². The van der Waals surface area contributed by atoms with Crippen LogP contribution in [0.1, 0.15) is 17.1 Å². The lowest BCUT2D eigenvalue weighted by molar-refractivity contribution is 0.625. The maximum Gasteiger partial charge on any atom is 0.258 e. The highest BCUT2D eigenvalue weighted by Crippen LogP contribution is 2.12. The highest BCUT2D eigenvalue weighted by atomic mass is 16.1. The van der Waals surface area contributed by atoms with Crippen LogP contribution < -0.4 is 11.3 Å². The Morgan fingerprint density at radius 1 is 1.40 bits per heavy atom. The van der Waals surface area contributed by atoms with Gasteiger partial charge in [0, 0.05) is 6.54 Å². The van der Waals surface area contributed by atoms with Gasteiger partial charge < -0.3 is 10.7 Å². The molecule has 102 valence electrons. The number of aryl methyl sites for hydroxylation is 1. The quantitative estimate of drug-likeness (QED) is 0.714. The van der Waals surface area contributed by atoms with Gasteiger partial charge in [-0.25, -0.2) is 9.67 Å². The zero-order valence-corrected chi connectivity index (χ0v) is 11.0. The number of aromatic nitrogens is 5. The molecule has 0 amide bonds. The van der Waals surface area contributed by atoms with Gasteiger partial charge in [0.25, 0.3) is 5.56 Å². The van der Waals surface area contributed by atoms with Crippen molar-refractivity contribution in [2.24, 2.45) is 5.73 Å². The van der Waals surface area contributed by atoms with Crippen LogP contribution in [0.3, 0.4) is 0 Å². The molecular formula is C13H14N6O. The minimum absolute atomic E-state index is 0.145. The van der Waals surface area contributed by atoms with Gasteiger partial charge in [-0.2, -0.15) is 0 Å². The molecule has 3 rings (SSSR count). The number of para-hydroxylation sites is 1. The topological polar surface area (TPSA) is 102 Å². The molecule has 0 spiro atoms. The maximum atomic E-state index is 12.0. The second-order valence-corrected chi connectivity index (χ2v) is 4.60. The average Bonchev–Trinajstić information content (AvgIpc) is 2.88. The van der Waals surface area contributed by atoms with Crippen molar-refractivity contribution in [3.05, 3.63) is 51.8 Å². The number of nitrogens with one attached hydrogen (secondary N) is 1. The molecule has 0 aliphatic heterocycles. The standard InChI is InChI=1S/C13H14N6O/c1-8-3-2-4-10-12(8)15-11(16-13(10)20)7-19-6-9(5-14)17-18-19/h2-4,6H,5,7,14H2,1H3,(H,15,16,20). The predicted molar refractivity (Wildman–Crippen MR) is 74.1 cm³/mol. The van der Waals surface area contributed by atoms with Crippen molar-refractivity contribution < 1.29 is 0 Å². The molecule has 0 saturated heterocycles. The Hall–Kier alpha value is -2.54. The Morgan fingerprint density at radius 3 is 3.00 bits per heavy atom. The smallest absolute Gasteiger partial charge is 0.258 e. The largest absolute Gasteiger partial charge is 0.325 e. The summed E-state index contributed by atoms with van der Waals surface area (Å²) in [6.07, 6.45) is 1.74. The Morgan fingerprint density at radius 2 is 2.25 bits per heavy atom. The Labute approximate surface area is 114 Å². The van der Waals surface area contributed by atoms with Gasteiger partial charge in [-0.3, -0.25) is 4.79 Å². The van der Waals surface area contributed by atoms with Gasteiger partial charge in [0.2, 0.25) is 0 Å². The van der Waals surface area contributed by atoms with Gasteiger partial charge in [-0.1, -0.05) is 17.3 Å². The van der Waals surface area contributed by atoms with Crippen LogP contribution in [0, 0.1) is 6.92 Å². The first-order valence-electron chi connectivity index (χ1n) is 6.25. The summed E-state index contributed by atoms with van der Waals surface area (Å²) >= 11 is 0. The summed E-state index contributed by atoms with van der Waals surface area (Å²) in [6.45, 7) is 2.62. The SMILES string of the molecule is Cc1cccc2c(=O)[nH]c(Cn3cc(CN)nn3)nc12. The van der Waals surface area contributed by atoms with Crippen LogP contribution in [0.5, 0.6) is 0 Å². The molecule has 1 aromatic carbocycles.